The van der Waals surface area contributed by atoms with Gasteiger partial charge in [0.2, 0.25) is 0 Å². The Morgan fingerprint density at radius 2 is 1.82 bits per heavy atom. The number of hydrogen-bond donors (Lipinski definition) is 0. The number of aryl methyl sites for hydroxylation is 1. The highest BCUT2D eigenvalue weighted by Gasteiger charge is 2.28. The van der Waals surface area contributed by atoms with Crippen molar-refractivity contribution in [1.29, 1.82) is 0 Å². The third kappa shape index (κ3) is 4.03. The lowest BCUT2D eigenvalue weighted by molar-refractivity contribution is 0.637. The molecule has 17 heavy (non-hydrogen) atoms. The minimum Gasteiger partial charge on any atom is -0.123 e. The summed E-state index contributed by atoms with van der Waals surface area (Å²) in [6.07, 6.45) is 6.30. The summed E-state index contributed by atoms with van der Waals surface area (Å²) in [6.45, 7) is 4.48. The first-order valence-corrected chi connectivity index (χ1v) is 7.33. The van der Waals surface area contributed by atoms with Crippen molar-refractivity contribution in [3.05, 3.63) is 35.4 Å². The molecule has 94 valence electrons. The van der Waals surface area contributed by atoms with Crippen LogP contribution in [0.3, 0.4) is 0 Å². The zero-order valence-electron chi connectivity index (χ0n) is 11.0. The first-order valence-electron chi connectivity index (χ1n) is 6.89. The Bertz CT molecular complexity index is 335. The third-order valence-corrected chi connectivity index (χ3v) is 4.30. The summed E-state index contributed by atoms with van der Waals surface area (Å²) in [7, 11) is 0. The van der Waals surface area contributed by atoms with Crippen LogP contribution in [0, 0.1) is 5.92 Å². The first-order chi connectivity index (χ1) is 8.16. The van der Waals surface area contributed by atoms with Gasteiger partial charge in [-0.3, -0.25) is 0 Å². The molecule has 0 heterocycles. The van der Waals surface area contributed by atoms with E-state index in [1.165, 1.54) is 43.2 Å². The SMILES string of the molecule is CC(C)c1ccc(CCCC(Cl)C2CC2)cc1. The Kier molecular flexibility index (Phi) is 4.50. The van der Waals surface area contributed by atoms with Gasteiger partial charge in [-0.05, 0) is 55.1 Å². The van der Waals surface area contributed by atoms with E-state index in [-0.39, 0.29) is 0 Å². The maximum atomic E-state index is 6.31. The summed E-state index contributed by atoms with van der Waals surface area (Å²) >= 11 is 6.31. The van der Waals surface area contributed by atoms with Gasteiger partial charge in [-0.2, -0.15) is 0 Å². The smallest absolute Gasteiger partial charge is 0.0364 e. The number of rotatable bonds is 6. The highest BCUT2D eigenvalue weighted by molar-refractivity contribution is 6.20. The molecule has 1 saturated carbocycles. The van der Waals surface area contributed by atoms with E-state index in [9.17, 15) is 0 Å². The Morgan fingerprint density at radius 1 is 1.18 bits per heavy atom. The molecule has 2 rings (SSSR count). The van der Waals surface area contributed by atoms with Gasteiger partial charge in [0.1, 0.15) is 0 Å². The summed E-state index contributed by atoms with van der Waals surface area (Å²) in [5, 5.41) is 0.435. The van der Waals surface area contributed by atoms with Gasteiger partial charge >= 0.3 is 0 Å². The summed E-state index contributed by atoms with van der Waals surface area (Å²) in [4.78, 5) is 0. The highest BCUT2D eigenvalue weighted by atomic mass is 35.5. The van der Waals surface area contributed by atoms with Crippen LogP contribution < -0.4 is 0 Å². The summed E-state index contributed by atoms with van der Waals surface area (Å²) in [5.41, 5.74) is 2.89. The van der Waals surface area contributed by atoms with E-state index < -0.39 is 0 Å². The lowest BCUT2D eigenvalue weighted by atomic mass is 9.99. The van der Waals surface area contributed by atoms with E-state index in [1.807, 2.05) is 0 Å². The van der Waals surface area contributed by atoms with Gasteiger partial charge in [0.15, 0.2) is 0 Å². The summed E-state index contributed by atoms with van der Waals surface area (Å²) in [6, 6.07) is 9.07. The van der Waals surface area contributed by atoms with Crippen LogP contribution in [0.15, 0.2) is 24.3 Å². The molecule has 1 unspecified atom stereocenters. The minimum atomic E-state index is 0.435. The van der Waals surface area contributed by atoms with E-state index in [0.29, 0.717) is 11.3 Å². The number of benzene rings is 1. The quantitative estimate of drug-likeness (QED) is 0.613. The molecular formula is C16H23Cl. The zero-order valence-corrected chi connectivity index (χ0v) is 11.7. The fraction of sp³-hybridized carbons (Fsp3) is 0.625. The van der Waals surface area contributed by atoms with Crippen molar-refractivity contribution >= 4 is 11.6 Å². The molecule has 1 aliphatic carbocycles. The maximum absolute atomic E-state index is 6.31. The molecule has 0 radical (unpaired) electrons. The van der Waals surface area contributed by atoms with Crippen molar-refractivity contribution in [3.8, 4) is 0 Å². The molecule has 1 aromatic rings. The fourth-order valence-electron chi connectivity index (χ4n) is 2.26. The maximum Gasteiger partial charge on any atom is 0.0364 e. The van der Waals surface area contributed by atoms with E-state index in [0.717, 1.165) is 5.92 Å². The van der Waals surface area contributed by atoms with Crippen molar-refractivity contribution in [1.82, 2.24) is 0 Å². The van der Waals surface area contributed by atoms with Gasteiger partial charge in [-0.1, -0.05) is 38.1 Å². The molecule has 0 saturated heterocycles. The first kappa shape index (κ1) is 13.0. The molecule has 0 spiro atoms. The number of alkyl halides is 1. The largest absolute Gasteiger partial charge is 0.123 e. The zero-order chi connectivity index (χ0) is 12.3. The predicted octanol–water partition coefficient (Wildman–Crippen LogP) is 5.15. The van der Waals surface area contributed by atoms with Crippen LogP contribution in [0.2, 0.25) is 0 Å². The summed E-state index contributed by atoms with van der Waals surface area (Å²) < 4.78 is 0. The molecule has 0 aromatic heterocycles. The second kappa shape index (κ2) is 5.91. The van der Waals surface area contributed by atoms with Crippen LogP contribution >= 0.6 is 11.6 Å². The van der Waals surface area contributed by atoms with E-state index >= 15 is 0 Å². The predicted molar refractivity (Wildman–Crippen MR) is 75.8 cm³/mol. The third-order valence-electron chi connectivity index (χ3n) is 3.73. The average Bonchev–Trinajstić information content (AvgIpc) is 3.13. The monoisotopic (exact) mass is 250 g/mol. The highest BCUT2D eigenvalue weighted by Crippen LogP contribution is 2.37. The summed E-state index contributed by atoms with van der Waals surface area (Å²) in [5.74, 6) is 1.46. The van der Waals surface area contributed by atoms with Crippen LogP contribution in [0.1, 0.15) is 56.6 Å². The Balaban J connectivity index is 1.74. The molecule has 0 amide bonds. The standard InChI is InChI=1S/C16H23Cl/c1-12(2)14-8-6-13(7-9-14)4-3-5-16(17)15-10-11-15/h6-9,12,15-16H,3-5,10-11H2,1-2H3. The molecule has 0 N–H and O–H groups in total. The minimum absolute atomic E-state index is 0.435. The molecular weight excluding hydrogens is 228 g/mol. The van der Waals surface area contributed by atoms with Crippen LogP contribution in [0.4, 0.5) is 0 Å². The van der Waals surface area contributed by atoms with Gasteiger partial charge in [0, 0.05) is 5.38 Å². The van der Waals surface area contributed by atoms with E-state index in [4.69, 9.17) is 11.6 Å². The molecule has 0 bridgehead atoms. The molecule has 1 atom stereocenters. The Hall–Kier alpha value is -0.490. The van der Waals surface area contributed by atoms with Gasteiger partial charge in [0.05, 0.1) is 0 Å². The molecule has 1 heteroatoms. The molecule has 0 aliphatic heterocycles. The second-order valence-electron chi connectivity index (χ2n) is 5.64. The van der Waals surface area contributed by atoms with E-state index in [2.05, 4.69) is 38.1 Å². The topological polar surface area (TPSA) is 0 Å². The van der Waals surface area contributed by atoms with E-state index in [1.54, 1.807) is 0 Å². The van der Waals surface area contributed by atoms with Gasteiger partial charge < -0.3 is 0 Å². The second-order valence-corrected chi connectivity index (χ2v) is 6.20. The fourth-order valence-corrected chi connectivity index (χ4v) is 2.67. The van der Waals surface area contributed by atoms with Crippen molar-refractivity contribution < 1.29 is 0 Å². The molecule has 0 nitrogen and oxygen atoms in total. The Morgan fingerprint density at radius 3 is 2.35 bits per heavy atom. The van der Waals surface area contributed by atoms with Crippen LogP contribution in [0.5, 0.6) is 0 Å². The Labute approximate surface area is 110 Å². The van der Waals surface area contributed by atoms with Crippen molar-refractivity contribution in [2.45, 2.75) is 57.2 Å². The van der Waals surface area contributed by atoms with Crippen LogP contribution in [-0.2, 0) is 6.42 Å². The van der Waals surface area contributed by atoms with Gasteiger partial charge in [0.25, 0.3) is 0 Å². The van der Waals surface area contributed by atoms with Crippen LogP contribution in [-0.4, -0.2) is 5.38 Å². The lowest BCUT2D eigenvalue weighted by Gasteiger charge is -2.09. The number of hydrogen-bond acceptors (Lipinski definition) is 0. The number of halogens is 1. The van der Waals surface area contributed by atoms with Gasteiger partial charge in [-0.25, -0.2) is 0 Å². The normalized spacial score (nSPS) is 17.4. The molecule has 1 aromatic carbocycles. The van der Waals surface area contributed by atoms with Crippen molar-refractivity contribution in [3.63, 3.8) is 0 Å². The molecule has 1 aliphatic rings. The van der Waals surface area contributed by atoms with Crippen LogP contribution in [0.25, 0.3) is 0 Å². The lowest BCUT2D eigenvalue weighted by Crippen LogP contribution is -2.01. The van der Waals surface area contributed by atoms with Crippen molar-refractivity contribution in [2.24, 2.45) is 5.92 Å². The molecule has 1 fully saturated rings. The van der Waals surface area contributed by atoms with Gasteiger partial charge in [-0.15, -0.1) is 11.6 Å². The van der Waals surface area contributed by atoms with Crippen molar-refractivity contribution in [2.75, 3.05) is 0 Å². The average molecular weight is 251 g/mol.